The number of pyridine rings is 2. The molecule has 1 saturated carbocycles. The van der Waals surface area contributed by atoms with E-state index < -0.39 is 21.3 Å². The van der Waals surface area contributed by atoms with E-state index in [0.717, 1.165) is 11.3 Å². The average Bonchev–Trinajstić information content (AvgIpc) is 3.65. The molecule has 1 aliphatic rings. The first-order chi connectivity index (χ1) is 18.5. The minimum absolute atomic E-state index is 0.00476. The molecular weight excluding hydrogens is 514 g/mol. The van der Waals surface area contributed by atoms with Crippen LogP contribution < -0.4 is 14.2 Å². The van der Waals surface area contributed by atoms with Gasteiger partial charge in [-0.2, -0.15) is 0 Å². The first kappa shape index (κ1) is 26.6. The molecule has 1 aliphatic carbocycles. The van der Waals surface area contributed by atoms with Crippen molar-refractivity contribution in [1.82, 2.24) is 14.7 Å². The Kier molecular flexibility index (Phi) is 6.80. The molecule has 39 heavy (non-hydrogen) atoms. The van der Waals surface area contributed by atoms with E-state index >= 15 is 0 Å². The summed E-state index contributed by atoms with van der Waals surface area (Å²) in [4.78, 5) is 23.2. The van der Waals surface area contributed by atoms with Gasteiger partial charge in [-0.15, -0.1) is 0 Å². The molecule has 1 N–H and O–H groups in total. The number of nitrogens with one attached hydrogen (secondary N) is 1. The van der Waals surface area contributed by atoms with Gasteiger partial charge in [0.05, 0.1) is 29.0 Å². The summed E-state index contributed by atoms with van der Waals surface area (Å²) in [6, 6.07) is 19.3. The largest absolute Gasteiger partial charge is 0.496 e. The second-order valence-corrected chi connectivity index (χ2v) is 11.9. The van der Waals surface area contributed by atoms with Crippen molar-refractivity contribution in [3.8, 4) is 11.6 Å². The highest BCUT2D eigenvalue weighted by Gasteiger charge is 2.64. The summed E-state index contributed by atoms with van der Waals surface area (Å²) in [6.45, 7) is 7.58. The standard InChI is InChI=1S/C30H31N3O5S/c1-18(2)38-28-11-7-9-25(32-28)23-17-30(23,22-16-19(3)12-15-26(22)37-5)29(34)33-39(35,36)27-10-6-8-24-21(27)14-13-20(4)31-24/h6-16,18,23H,17H2,1-5H3,(H,33,34). The zero-order chi connectivity index (χ0) is 27.9. The summed E-state index contributed by atoms with van der Waals surface area (Å²) in [5.41, 5.74) is 2.29. The van der Waals surface area contributed by atoms with Crippen LogP contribution in [0.4, 0.5) is 0 Å². The molecule has 0 aliphatic heterocycles. The molecule has 0 bridgehead atoms. The smallest absolute Gasteiger partial charge is 0.264 e. The number of rotatable bonds is 8. The van der Waals surface area contributed by atoms with Crippen molar-refractivity contribution in [3.63, 3.8) is 0 Å². The summed E-state index contributed by atoms with van der Waals surface area (Å²) in [5, 5.41) is 0.443. The molecule has 0 radical (unpaired) electrons. The lowest BCUT2D eigenvalue weighted by Crippen LogP contribution is -2.40. The Morgan fingerprint density at radius 2 is 1.79 bits per heavy atom. The maximum atomic E-state index is 14.1. The minimum Gasteiger partial charge on any atom is -0.496 e. The van der Waals surface area contributed by atoms with E-state index in [1.54, 1.807) is 36.4 Å². The van der Waals surface area contributed by atoms with Gasteiger partial charge in [0.25, 0.3) is 10.0 Å². The van der Waals surface area contributed by atoms with Gasteiger partial charge in [-0.25, -0.2) is 18.1 Å². The second-order valence-electron chi connectivity index (χ2n) is 10.2. The molecular formula is C30H31N3O5S. The first-order valence-electron chi connectivity index (χ1n) is 12.8. The monoisotopic (exact) mass is 545 g/mol. The van der Waals surface area contributed by atoms with Crippen LogP contribution in [0, 0.1) is 13.8 Å². The van der Waals surface area contributed by atoms with Crippen LogP contribution in [0.15, 0.2) is 71.6 Å². The number of benzene rings is 2. The quantitative estimate of drug-likeness (QED) is 0.333. The van der Waals surface area contributed by atoms with Crippen LogP contribution in [-0.4, -0.2) is 37.5 Å². The van der Waals surface area contributed by atoms with Crippen LogP contribution in [0.1, 0.15) is 48.7 Å². The summed E-state index contributed by atoms with van der Waals surface area (Å²) in [5.74, 6) is -0.0532. The van der Waals surface area contributed by atoms with E-state index in [1.165, 1.54) is 13.2 Å². The van der Waals surface area contributed by atoms with E-state index in [2.05, 4.69) is 14.7 Å². The molecule has 1 amide bonds. The van der Waals surface area contributed by atoms with Crippen molar-refractivity contribution in [2.45, 2.75) is 56.4 Å². The highest BCUT2D eigenvalue weighted by atomic mass is 32.2. The zero-order valence-electron chi connectivity index (χ0n) is 22.6. The first-order valence-corrected chi connectivity index (χ1v) is 14.3. The fourth-order valence-electron chi connectivity index (χ4n) is 5.12. The van der Waals surface area contributed by atoms with Crippen molar-refractivity contribution < 1.29 is 22.7 Å². The fraction of sp³-hybridized carbons (Fsp3) is 0.300. The average molecular weight is 546 g/mol. The number of ether oxygens (including phenoxy) is 2. The molecule has 2 heterocycles. The van der Waals surface area contributed by atoms with Gasteiger partial charge in [0.2, 0.25) is 11.8 Å². The number of sulfonamides is 1. The van der Waals surface area contributed by atoms with Gasteiger partial charge < -0.3 is 9.47 Å². The Hall–Kier alpha value is -3.98. The third kappa shape index (κ3) is 4.94. The number of nitrogens with zero attached hydrogens (tertiary/aromatic N) is 2. The number of carbonyl (C=O) groups is 1. The van der Waals surface area contributed by atoms with E-state index in [9.17, 15) is 13.2 Å². The molecule has 1 fully saturated rings. The van der Waals surface area contributed by atoms with Crippen molar-refractivity contribution >= 4 is 26.8 Å². The summed E-state index contributed by atoms with van der Waals surface area (Å²) < 4.78 is 41.1. The van der Waals surface area contributed by atoms with Crippen LogP contribution in [-0.2, 0) is 20.2 Å². The Bertz CT molecular complexity index is 1690. The van der Waals surface area contributed by atoms with Gasteiger partial charge in [-0.05, 0) is 70.5 Å². The van der Waals surface area contributed by atoms with Crippen molar-refractivity contribution in [2.24, 2.45) is 0 Å². The predicted octanol–water partition coefficient (Wildman–Crippen LogP) is 4.97. The number of aromatic nitrogens is 2. The number of hydrogen-bond acceptors (Lipinski definition) is 7. The lowest BCUT2D eigenvalue weighted by Gasteiger charge is -2.21. The molecule has 202 valence electrons. The SMILES string of the molecule is COc1ccc(C)cc1C1(C(=O)NS(=O)(=O)c2cccc3nc(C)ccc23)CC1c1cccc(OC(C)C)n1. The van der Waals surface area contributed by atoms with Crippen LogP contribution in [0.5, 0.6) is 11.6 Å². The number of fused-ring (bicyclic) bond motifs is 1. The number of amides is 1. The Morgan fingerprint density at radius 3 is 2.54 bits per heavy atom. The van der Waals surface area contributed by atoms with Crippen molar-refractivity contribution in [3.05, 3.63) is 89.2 Å². The Balaban J connectivity index is 1.58. The minimum atomic E-state index is -4.23. The fourth-order valence-corrected chi connectivity index (χ4v) is 6.38. The van der Waals surface area contributed by atoms with E-state index in [-0.39, 0.29) is 16.9 Å². The van der Waals surface area contributed by atoms with Gasteiger partial charge in [-0.3, -0.25) is 9.78 Å². The number of aryl methyl sites for hydroxylation is 2. The van der Waals surface area contributed by atoms with Gasteiger partial charge in [0.15, 0.2) is 0 Å². The highest BCUT2D eigenvalue weighted by molar-refractivity contribution is 7.90. The Morgan fingerprint density at radius 1 is 1.03 bits per heavy atom. The van der Waals surface area contributed by atoms with Gasteiger partial charge in [0, 0.05) is 34.3 Å². The number of carbonyl (C=O) groups excluding carboxylic acids is 1. The predicted molar refractivity (Wildman–Crippen MR) is 149 cm³/mol. The molecule has 2 aromatic heterocycles. The van der Waals surface area contributed by atoms with Gasteiger partial charge in [0.1, 0.15) is 5.75 Å². The van der Waals surface area contributed by atoms with E-state index in [1.807, 2.05) is 52.0 Å². The number of methoxy groups -OCH3 is 1. The summed E-state index contributed by atoms with van der Waals surface area (Å²) in [6.07, 6.45) is 0.295. The molecule has 8 nitrogen and oxygen atoms in total. The molecule has 2 unspecified atom stereocenters. The highest BCUT2D eigenvalue weighted by Crippen LogP contribution is 2.62. The topological polar surface area (TPSA) is 107 Å². The second kappa shape index (κ2) is 9.96. The third-order valence-corrected chi connectivity index (χ3v) is 8.40. The molecule has 2 aromatic carbocycles. The molecule has 2 atom stereocenters. The lowest BCUT2D eigenvalue weighted by molar-refractivity contribution is -0.122. The lowest BCUT2D eigenvalue weighted by atomic mass is 9.89. The van der Waals surface area contributed by atoms with Gasteiger partial charge in [-0.1, -0.05) is 29.8 Å². The van der Waals surface area contributed by atoms with Crippen LogP contribution in [0.3, 0.4) is 0 Å². The van der Waals surface area contributed by atoms with E-state index in [4.69, 9.17) is 9.47 Å². The molecule has 5 rings (SSSR count). The van der Waals surface area contributed by atoms with Crippen LogP contribution in [0.25, 0.3) is 10.9 Å². The van der Waals surface area contributed by atoms with Gasteiger partial charge >= 0.3 is 0 Å². The van der Waals surface area contributed by atoms with E-state index in [0.29, 0.717) is 40.2 Å². The molecule has 4 aromatic rings. The van der Waals surface area contributed by atoms with Crippen LogP contribution >= 0.6 is 0 Å². The normalized spacial score (nSPS) is 18.7. The van der Waals surface area contributed by atoms with Crippen molar-refractivity contribution in [2.75, 3.05) is 7.11 Å². The summed E-state index contributed by atoms with van der Waals surface area (Å²) >= 11 is 0. The van der Waals surface area contributed by atoms with Crippen LogP contribution in [0.2, 0.25) is 0 Å². The maximum Gasteiger partial charge on any atom is 0.264 e. The maximum absolute atomic E-state index is 14.1. The zero-order valence-corrected chi connectivity index (χ0v) is 23.4. The van der Waals surface area contributed by atoms with Crippen molar-refractivity contribution in [1.29, 1.82) is 0 Å². The molecule has 9 heteroatoms. The molecule has 0 spiro atoms. The number of hydrogen-bond donors (Lipinski definition) is 1. The molecule has 0 saturated heterocycles. The Labute approximate surface area is 228 Å². The third-order valence-electron chi connectivity index (χ3n) is 7.01. The summed E-state index contributed by atoms with van der Waals surface area (Å²) in [7, 11) is -2.70.